The van der Waals surface area contributed by atoms with E-state index in [-0.39, 0.29) is 12.8 Å². The minimum atomic E-state index is -5.14. The summed E-state index contributed by atoms with van der Waals surface area (Å²) >= 11 is 0. The standard InChI is InChI=1S/C45H75O13P/c1-3-5-7-9-11-13-15-16-17-18-19-20-21-22-24-26-28-30-32-34-39(47)57-37(35-55-38(46)33-31-29-27-25-23-14-12-10-8-6-4-2)36-56-59(53,54)58-45-43(51)41(49)40(48)42(50)44(45)52/h5,7,11,13,16-17,19-20,22,24,28,30,37,40-45,48-52H,3-4,6,8-10,12,14-15,18,21,23,25-27,29,31-36H2,1-2H3,(H,53,54)/b7-5-,13-11-,17-16-,20-19-,24-22-,30-28-/t37-,40?,41-,42?,43?,44?,45?/m1/s1. The van der Waals surface area contributed by atoms with Crippen LogP contribution in [0.25, 0.3) is 0 Å². The fourth-order valence-electron chi connectivity index (χ4n) is 6.08. The molecule has 1 rings (SSSR count). The van der Waals surface area contributed by atoms with Crippen LogP contribution in [0.4, 0.5) is 0 Å². The van der Waals surface area contributed by atoms with Crippen molar-refractivity contribution < 1.29 is 63.1 Å². The van der Waals surface area contributed by atoms with E-state index in [0.717, 1.165) is 51.4 Å². The van der Waals surface area contributed by atoms with Crippen LogP contribution >= 0.6 is 7.82 Å². The zero-order chi connectivity index (χ0) is 43.6. The first-order chi connectivity index (χ1) is 28.4. The van der Waals surface area contributed by atoms with Crippen molar-refractivity contribution in [2.45, 2.75) is 185 Å². The van der Waals surface area contributed by atoms with Gasteiger partial charge in [0.25, 0.3) is 0 Å². The number of unbranched alkanes of at least 4 members (excludes halogenated alkanes) is 10. The highest BCUT2D eigenvalue weighted by atomic mass is 31.2. The number of aliphatic hydroxyl groups excluding tert-OH is 5. The summed E-state index contributed by atoms with van der Waals surface area (Å²) in [5, 5.41) is 50.0. The lowest BCUT2D eigenvalue weighted by Crippen LogP contribution is -2.64. The highest BCUT2D eigenvalue weighted by Crippen LogP contribution is 2.47. The number of phosphoric acid groups is 1. The summed E-state index contributed by atoms with van der Waals surface area (Å²) in [6.45, 7) is 3.09. The van der Waals surface area contributed by atoms with Crippen LogP contribution in [0.5, 0.6) is 0 Å². The molecule has 0 spiro atoms. The van der Waals surface area contributed by atoms with E-state index < -0.39 is 75.7 Å². The highest BCUT2D eigenvalue weighted by molar-refractivity contribution is 7.47. The zero-order valence-electron chi connectivity index (χ0n) is 35.5. The van der Waals surface area contributed by atoms with E-state index in [4.69, 9.17) is 18.5 Å². The van der Waals surface area contributed by atoms with Crippen molar-refractivity contribution in [3.63, 3.8) is 0 Å². The molecule has 0 radical (unpaired) electrons. The quantitative estimate of drug-likeness (QED) is 0.0157. The Balaban J connectivity index is 2.55. The van der Waals surface area contributed by atoms with Crippen molar-refractivity contribution in [2.75, 3.05) is 13.2 Å². The number of rotatable bonds is 34. The third-order valence-electron chi connectivity index (χ3n) is 9.58. The summed E-state index contributed by atoms with van der Waals surface area (Å²) < 4.78 is 33.3. The summed E-state index contributed by atoms with van der Waals surface area (Å²) in [7, 11) is -5.14. The molecule has 8 atom stereocenters. The summed E-state index contributed by atoms with van der Waals surface area (Å²) in [5.41, 5.74) is 0. The molecule has 14 heteroatoms. The first kappa shape index (κ1) is 54.3. The summed E-state index contributed by atoms with van der Waals surface area (Å²) in [5.74, 6) is -1.20. The molecule has 338 valence electrons. The normalized spacial score (nSPS) is 23.1. The molecule has 1 saturated carbocycles. The van der Waals surface area contributed by atoms with E-state index in [1.54, 1.807) is 0 Å². The fraction of sp³-hybridized carbons (Fsp3) is 0.689. The second-order valence-corrected chi connectivity index (χ2v) is 16.2. The molecule has 0 bridgehead atoms. The molecule has 0 aromatic carbocycles. The largest absolute Gasteiger partial charge is 0.472 e. The number of phosphoric ester groups is 1. The predicted molar refractivity (Wildman–Crippen MR) is 230 cm³/mol. The third-order valence-corrected chi connectivity index (χ3v) is 10.6. The summed E-state index contributed by atoms with van der Waals surface area (Å²) in [6, 6.07) is 0. The molecule has 6 unspecified atom stereocenters. The molecule has 59 heavy (non-hydrogen) atoms. The second-order valence-electron chi connectivity index (χ2n) is 14.8. The van der Waals surface area contributed by atoms with Gasteiger partial charge in [0.15, 0.2) is 6.10 Å². The van der Waals surface area contributed by atoms with Crippen molar-refractivity contribution in [3.05, 3.63) is 72.9 Å². The SMILES string of the molecule is CC/C=C\C/C=C\C/C=C\C/C=C\C/C=C\C/C=C\CCC(=O)O[C@H](COC(=O)CCCCCCCCCCCCC)COP(=O)(O)OC1C(O)C(O)C(O)[C@@H](O)C1O. The van der Waals surface area contributed by atoms with E-state index >= 15 is 0 Å². The maximum absolute atomic E-state index is 12.8. The predicted octanol–water partition coefficient (Wildman–Crippen LogP) is 7.94. The second kappa shape index (κ2) is 34.9. The Morgan fingerprint density at radius 2 is 0.966 bits per heavy atom. The lowest BCUT2D eigenvalue weighted by molar-refractivity contribution is -0.220. The minimum absolute atomic E-state index is 0.0306. The Hall–Kier alpha value is -2.71. The zero-order valence-corrected chi connectivity index (χ0v) is 36.4. The van der Waals surface area contributed by atoms with E-state index in [1.807, 2.05) is 18.2 Å². The van der Waals surface area contributed by atoms with Crippen molar-refractivity contribution in [3.8, 4) is 0 Å². The van der Waals surface area contributed by atoms with Gasteiger partial charge in [0.05, 0.1) is 6.61 Å². The number of allylic oxidation sites excluding steroid dienone is 12. The van der Waals surface area contributed by atoms with Gasteiger partial charge in [-0.25, -0.2) is 4.57 Å². The molecular formula is C45H75O13P. The Kier molecular flexibility index (Phi) is 32.2. The molecule has 6 N–H and O–H groups in total. The van der Waals surface area contributed by atoms with Gasteiger partial charge in [-0.1, -0.05) is 151 Å². The van der Waals surface area contributed by atoms with Crippen molar-refractivity contribution in [1.82, 2.24) is 0 Å². The highest BCUT2D eigenvalue weighted by Gasteiger charge is 2.51. The van der Waals surface area contributed by atoms with Crippen LogP contribution in [0.15, 0.2) is 72.9 Å². The maximum Gasteiger partial charge on any atom is 0.472 e. The van der Waals surface area contributed by atoms with Crippen LogP contribution in [-0.2, 0) is 32.7 Å². The molecule has 0 aromatic heterocycles. The van der Waals surface area contributed by atoms with Crippen molar-refractivity contribution in [1.29, 1.82) is 0 Å². The molecule has 0 aliphatic heterocycles. The van der Waals surface area contributed by atoms with Gasteiger partial charge in [0.2, 0.25) is 0 Å². The van der Waals surface area contributed by atoms with Crippen LogP contribution in [0.3, 0.4) is 0 Å². The van der Waals surface area contributed by atoms with Crippen molar-refractivity contribution >= 4 is 19.8 Å². The molecule has 0 aromatic rings. The monoisotopic (exact) mass is 854 g/mol. The first-order valence-electron chi connectivity index (χ1n) is 21.7. The van der Waals surface area contributed by atoms with Gasteiger partial charge in [-0.2, -0.15) is 0 Å². The van der Waals surface area contributed by atoms with Gasteiger partial charge >= 0.3 is 19.8 Å². The van der Waals surface area contributed by atoms with Gasteiger partial charge < -0.3 is 39.9 Å². The average Bonchev–Trinajstić information content (AvgIpc) is 3.21. The van der Waals surface area contributed by atoms with Gasteiger partial charge in [-0.3, -0.25) is 18.6 Å². The number of carbonyl (C=O) groups excluding carboxylic acids is 2. The lowest BCUT2D eigenvalue weighted by atomic mass is 9.85. The molecule has 13 nitrogen and oxygen atoms in total. The smallest absolute Gasteiger partial charge is 0.462 e. The van der Waals surface area contributed by atoms with Gasteiger partial charge in [0.1, 0.15) is 43.2 Å². The number of hydrogen-bond donors (Lipinski definition) is 6. The van der Waals surface area contributed by atoms with Crippen LogP contribution < -0.4 is 0 Å². The van der Waals surface area contributed by atoms with Crippen LogP contribution in [0.2, 0.25) is 0 Å². The number of carbonyl (C=O) groups is 2. The molecule has 1 aliphatic carbocycles. The number of esters is 2. The average molecular weight is 855 g/mol. The Bertz CT molecular complexity index is 1310. The Morgan fingerprint density at radius 1 is 0.542 bits per heavy atom. The number of aliphatic hydroxyl groups is 5. The maximum atomic E-state index is 12.8. The summed E-state index contributed by atoms with van der Waals surface area (Å²) in [4.78, 5) is 35.5. The van der Waals surface area contributed by atoms with Crippen LogP contribution in [-0.4, -0.2) is 98.3 Å². The molecule has 0 amide bonds. The van der Waals surface area contributed by atoms with E-state index in [1.165, 1.54) is 44.9 Å². The van der Waals surface area contributed by atoms with Crippen LogP contribution in [0.1, 0.15) is 142 Å². The first-order valence-corrected chi connectivity index (χ1v) is 23.2. The van der Waals surface area contributed by atoms with Gasteiger partial charge in [-0.05, 0) is 51.4 Å². The third kappa shape index (κ3) is 27.7. The van der Waals surface area contributed by atoms with E-state index in [9.17, 15) is 44.6 Å². The summed E-state index contributed by atoms with van der Waals surface area (Å²) in [6.07, 6.45) is 29.8. The van der Waals surface area contributed by atoms with E-state index in [2.05, 4.69) is 68.5 Å². The molecule has 1 aliphatic rings. The van der Waals surface area contributed by atoms with Crippen LogP contribution in [0, 0.1) is 0 Å². The Labute approximate surface area is 353 Å². The van der Waals surface area contributed by atoms with Crippen molar-refractivity contribution in [2.24, 2.45) is 0 Å². The topological polar surface area (TPSA) is 210 Å². The molecule has 1 fully saturated rings. The lowest BCUT2D eigenvalue weighted by Gasteiger charge is -2.41. The molecular weight excluding hydrogens is 779 g/mol. The number of hydrogen-bond acceptors (Lipinski definition) is 12. The Morgan fingerprint density at radius 3 is 1.44 bits per heavy atom. The van der Waals surface area contributed by atoms with Gasteiger partial charge in [0, 0.05) is 12.8 Å². The fourth-order valence-corrected chi connectivity index (χ4v) is 7.05. The number of ether oxygens (including phenoxy) is 2. The van der Waals surface area contributed by atoms with E-state index in [0.29, 0.717) is 19.3 Å². The molecule has 0 heterocycles. The minimum Gasteiger partial charge on any atom is -0.462 e. The van der Waals surface area contributed by atoms with Gasteiger partial charge in [-0.15, -0.1) is 0 Å². The molecule has 0 saturated heterocycles.